The number of nitrogens with zero attached hydrogens (tertiary/aromatic N) is 1. The highest BCUT2D eigenvalue weighted by atomic mass is 16.5. The van der Waals surface area contributed by atoms with Crippen molar-refractivity contribution in [3.05, 3.63) is 106 Å². The molecular formula is C34H35NO6. The molecule has 0 fully saturated rings. The Labute approximate surface area is 240 Å². The van der Waals surface area contributed by atoms with Crippen LogP contribution >= 0.6 is 0 Å². The summed E-state index contributed by atoms with van der Waals surface area (Å²) in [6.45, 7) is 4.55. The molecule has 212 valence electrons. The lowest BCUT2D eigenvalue weighted by Gasteiger charge is -2.29. The third-order valence-corrected chi connectivity index (χ3v) is 7.26. The Bertz CT molecular complexity index is 1650. The van der Waals surface area contributed by atoms with Crippen molar-refractivity contribution in [1.29, 1.82) is 0 Å². The molecule has 41 heavy (non-hydrogen) atoms. The molecule has 0 amide bonds. The van der Waals surface area contributed by atoms with Crippen LogP contribution in [0.5, 0.6) is 34.5 Å². The molecule has 1 heterocycles. The van der Waals surface area contributed by atoms with Gasteiger partial charge in [-0.2, -0.15) is 0 Å². The maximum absolute atomic E-state index is 6.47. The average molecular weight is 554 g/mol. The molecule has 0 radical (unpaired) electrons. The number of para-hydroxylation sites is 2. The number of rotatable bonds is 11. The Morgan fingerprint density at radius 3 is 1.90 bits per heavy atom. The van der Waals surface area contributed by atoms with Gasteiger partial charge in [0, 0.05) is 29.6 Å². The van der Waals surface area contributed by atoms with Gasteiger partial charge in [-0.15, -0.1) is 0 Å². The fraction of sp³-hybridized carbons (Fsp3) is 0.235. The Morgan fingerprint density at radius 1 is 0.780 bits per heavy atom. The minimum absolute atomic E-state index is 0.261. The zero-order valence-corrected chi connectivity index (χ0v) is 24.2. The predicted molar refractivity (Wildman–Crippen MR) is 160 cm³/mol. The van der Waals surface area contributed by atoms with Gasteiger partial charge in [-0.1, -0.05) is 49.1 Å². The van der Waals surface area contributed by atoms with E-state index in [0.717, 1.165) is 39.3 Å². The van der Waals surface area contributed by atoms with Gasteiger partial charge in [-0.3, -0.25) is 0 Å². The summed E-state index contributed by atoms with van der Waals surface area (Å²) < 4.78 is 35.1. The van der Waals surface area contributed by atoms with Gasteiger partial charge in [0.25, 0.3) is 0 Å². The van der Waals surface area contributed by atoms with Crippen LogP contribution in [0.15, 0.2) is 84.6 Å². The van der Waals surface area contributed by atoms with E-state index in [0.29, 0.717) is 34.5 Å². The fourth-order valence-electron chi connectivity index (χ4n) is 5.36. The van der Waals surface area contributed by atoms with Crippen LogP contribution in [0.25, 0.3) is 11.8 Å². The van der Waals surface area contributed by atoms with E-state index in [2.05, 4.69) is 42.9 Å². The second kappa shape index (κ2) is 12.2. The van der Waals surface area contributed by atoms with Crippen LogP contribution in [0.2, 0.25) is 0 Å². The van der Waals surface area contributed by atoms with Crippen LogP contribution in [0.1, 0.15) is 17.5 Å². The van der Waals surface area contributed by atoms with Gasteiger partial charge < -0.3 is 33.3 Å². The first-order valence-electron chi connectivity index (χ1n) is 13.3. The molecule has 5 rings (SSSR count). The van der Waals surface area contributed by atoms with E-state index >= 15 is 0 Å². The van der Waals surface area contributed by atoms with Gasteiger partial charge in [0.15, 0.2) is 34.5 Å². The van der Waals surface area contributed by atoms with Crippen molar-refractivity contribution >= 4 is 11.8 Å². The molecule has 7 nitrogen and oxygen atoms in total. The molecule has 2 aliphatic rings. The van der Waals surface area contributed by atoms with Crippen molar-refractivity contribution in [3.8, 4) is 34.5 Å². The third kappa shape index (κ3) is 5.35. The molecule has 0 N–H and O–H groups in total. The van der Waals surface area contributed by atoms with Crippen LogP contribution in [-0.4, -0.2) is 40.4 Å². The lowest BCUT2D eigenvalue weighted by molar-refractivity contribution is 0.247. The molecule has 3 aromatic carbocycles. The van der Waals surface area contributed by atoms with Crippen LogP contribution in [-0.2, 0) is 13.2 Å². The molecule has 0 unspecified atom stereocenters. The summed E-state index contributed by atoms with van der Waals surface area (Å²) in [6.07, 6.45) is 9.10. The van der Waals surface area contributed by atoms with E-state index < -0.39 is 0 Å². The molecule has 0 saturated heterocycles. The molecule has 1 aliphatic carbocycles. The number of methoxy groups -OCH3 is 4. The van der Waals surface area contributed by atoms with Gasteiger partial charge in [-0.25, -0.2) is 0 Å². The maximum atomic E-state index is 6.47. The van der Waals surface area contributed by atoms with Crippen molar-refractivity contribution in [2.45, 2.75) is 19.6 Å². The first kappa shape index (κ1) is 27.8. The summed E-state index contributed by atoms with van der Waals surface area (Å²) in [5.41, 5.74) is 5.17. The molecule has 0 aromatic heterocycles. The van der Waals surface area contributed by atoms with E-state index in [1.807, 2.05) is 48.5 Å². The average Bonchev–Trinajstić information content (AvgIpc) is 3.01. The largest absolute Gasteiger partial charge is 0.493 e. The fourth-order valence-corrected chi connectivity index (χ4v) is 5.36. The van der Waals surface area contributed by atoms with Crippen molar-refractivity contribution in [2.24, 2.45) is 0 Å². The van der Waals surface area contributed by atoms with Gasteiger partial charge in [0.05, 0.1) is 34.1 Å². The summed E-state index contributed by atoms with van der Waals surface area (Å²) in [5.74, 6) is 3.81. The van der Waals surface area contributed by atoms with Gasteiger partial charge >= 0.3 is 0 Å². The predicted octanol–water partition coefficient (Wildman–Crippen LogP) is 5.11. The number of allylic oxidation sites excluding steroid dienone is 5. The third-order valence-electron chi connectivity index (χ3n) is 7.26. The van der Waals surface area contributed by atoms with Crippen LogP contribution in [0.4, 0.5) is 0 Å². The summed E-state index contributed by atoms with van der Waals surface area (Å²) in [5, 5.41) is 2.14. The quantitative estimate of drug-likeness (QED) is 0.327. The second-order valence-corrected chi connectivity index (χ2v) is 9.60. The van der Waals surface area contributed by atoms with Gasteiger partial charge in [-0.05, 0) is 47.1 Å². The van der Waals surface area contributed by atoms with Crippen LogP contribution in [0.3, 0.4) is 0 Å². The standard InChI is InChI=1S/C34H35NO6/c1-7-22-11-8-14-26-27-18-31(41-21-24-13-10-16-29(37-4)34(24)39-6)30(17-25(27)19-35(2)32(22)26)40-20-23-12-9-15-28(36-3)33(23)38-5/h7-13,15-19H,1,14,20-21H2,2-6H3. The monoisotopic (exact) mass is 553 g/mol. The van der Waals surface area contributed by atoms with Crippen molar-refractivity contribution < 1.29 is 28.4 Å². The zero-order valence-electron chi connectivity index (χ0n) is 24.2. The van der Waals surface area contributed by atoms with Crippen LogP contribution < -0.4 is 38.9 Å². The highest BCUT2D eigenvalue weighted by Gasteiger charge is 2.22. The topological polar surface area (TPSA) is 58.6 Å². The highest BCUT2D eigenvalue weighted by molar-refractivity contribution is 5.75. The minimum Gasteiger partial charge on any atom is -0.493 e. The van der Waals surface area contributed by atoms with E-state index in [1.54, 1.807) is 28.4 Å². The normalized spacial score (nSPS) is 13.6. The number of hydrogen-bond donors (Lipinski definition) is 0. The SMILES string of the molecule is C=CC1=C2C(=c3cc(OCc4cccc(OC)c4OC)c(OCc4cccc(OC)c4OC)cc3=CN2C)CC=C1. The maximum Gasteiger partial charge on any atom is 0.167 e. The van der Waals surface area contributed by atoms with E-state index in [4.69, 9.17) is 28.4 Å². The number of ether oxygens (including phenoxy) is 6. The Hall–Kier alpha value is -4.78. The Kier molecular flexibility index (Phi) is 8.24. The Balaban J connectivity index is 1.59. The van der Waals surface area contributed by atoms with Crippen LogP contribution in [0, 0.1) is 0 Å². The molecule has 0 bridgehead atoms. The molecule has 7 heteroatoms. The first-order valence-corrected chi connectivity index (χ1v) is 13.3. The van der Waals surface area contributed by atoms with Crippen molar-refractivity contribution in [1.82, 2.24) is 4.90 Å². The van der Waals surface area contributed by atoms with E-state index in [9.17, 15) is 0 Å². The second-order valence-electron chi connectivity index (χ2n) is 9.60. The summed E-state index contributed by atoms with van der Waals surface area (Å²) in [4.78, 5) is 2.15. The zero-order chi connectivity index (χ0) is 28.9. The lowest BCUT2D eigenvalue weighted by atomic mass is 9.92. The Morgan fingerprint density at radius 2 is 1.37 bits per heavy atom. The number of fused-ring (bicyclic) bond motifs is 2. The molecule has 0 saturated carbocycles. The number of hydrogen-bond acceptors (Lipinski definition) is 7. The summed E-state index contributed by atoms with van der Waals surface area (Å²) in [6, 6.07) is 15.6. The number of benzene rings is 3. The first-order chi connectivity index (χ1) is 20.0. The highest BCUT2D eigenvalue weighted by Crippen LogP contribution is 2.36. The van der Waals surface area contributed by atoms with Gasteiger partial charge in [0.1, 0.15) is 13.2 Å². The molecular weight excluding hydrogens is 518 g/mol. The van der Waals surface area contributed by atoms with Crippen molar-refractivity contribution in [3.63, 3.8) is 0 Å². The summed E-state index contributed by atoms with van der Waals surface area (Å²) >= 11 is 0. The summed E-state index contributed by atoms with van der Waals surface area (Å²) in [7, 11) is 8.55. The smallest absolute Gasteiger partial charge is 0.167 e. The lowest BCUT2D eigenvalue weighted by Crippen LogP contribution is -2.37. The molecule has 0 spiro atoms. The van der Waals surface area contributed by atoms with E-state index in [1.165, 1.54) is 5.57 Å². The van der Waals surface area contributed by atoms with Gasteiger partial charge in [0.2, 0.25) is 0 Å². The molecule has 3 aromatic rings. The minimum atomic E-state index is 0.261. The molecule has 1 aliphatic heterocycles. The van der Waals surface area contributed by atoms with Crippen molar-refractivity contribution in [2.75, 3.05) is 35.5 Å². The molecule has 0 atom stereocenters. The van der Waals surface area contributed by atoms with E-state index in [-0.39, 0.29) is 13.2 Å².